The quantitative estimate of drug-likeness (QED) is 0.409. The first-order chi connectivity index (χ1) is 11.8. The molecule has 0 fully saturated rings. The zero-order chi connectivity index (χ0) is 18.4. The van der Waals surface area contributed by atoms with E-state index in [1.807, 2.05) is 30.3 Å². The highest BCUT2D eigenvalue weighted by Crippen LogP contribution is 2.38. The van der Waals surface area contributed by atoms with E-state index in [-0.39, 0.29) is 15.8 Å². The summed E-state index contributed by atoms with van der Waals surface area (Å²) >= 11 is 12.9. The van der Waals surface area contributed by atoms with Crippen LogP contribution in [0.2, 0.25) is 10.0 Å². The molecule has 0 aliphatic heterocycles. The van der Waals surface area contributed by atoms with Gasteiger partial charge in [-0.3, -0.25) is 0 Å². The third-order valence-corrected chi connectivity index (χ3v) is 4.60. The second-order valence-electron chi connectivity index (χ2n) is 4.78. The van der Waals surface area contributed by atoms with E-state index >= 15 is 0 Å². The van der Waals surface area contributed by atoms with Gasteiger partial charge in [0, 0.05) is 11.3 Å². The average molecular weight is 406 g/mol. The number of amidine groups is 1. The molecule has 0 radical (unpaired) electrons. The summed E-state index contributed by atoms with van der Waals surface area (Å²) in [6.07, 6.45) is -3.53. The molecule has 0 aliphatic carbocycles. The Hall–Kier alpha value is -1.70. The fraction of sp³-hybridized carbons (Fsp3) is 0.125. The Balaban J connectivity index is 2.11. The van der Waals surface area contributed by atoms with Gasteiger partial charge < -0.3 is 5.73 Å². The van der Waals surface area contributed by atoms with Gasteiger partial charge in [-0.15, -0.1) is 5.10 Å². The molecule has 0 bridgehead atoms. The first-order valence-corrected chi connectivity index (χ1v) is 8.61. The molecule has 3 nitrogen and oxygen atoms in total. The highest BCUT2D eigenvalue weighted by molar-refractivity contribution is 8.13. The Labute approximate surface area is 156 Å². The fourth-order valence-corrected chi connectivity index (χ4v) is 3.00. The van der Waals surface area contributed by atoms with E-state index in [1.165, 1.54) is 11.8 Å². The zero-order valence-electron chi connectivity index (χ0n) is 12.6. The normalized spacial score (nSPS) is 12.8. The highest BCUT2D eigenvalue weighted by atomic mass is 35.5. The maximum absolute atomic E-state index is 12.8. The summed E-state index contributed by atoms with van der Waals surface area (Å²) in [7, 11) is 0. The molecule has 0 aliphatic rings. The number of hydrogen-bond donors (Lipinski definition) is 1. The Bertz CT molecular complexity index is 793. The summed E-state index contributed by atoms with van der Waals surface area (Å²) in [5.41, 5.74) is 5.71. The summed E-state index contributed by atoms with van der Waals surface area (Å²) in [5.74, 6) is 0.594. The van der Waals surface area contributed by atoms with Crippen LogP contribution in [-0.4, -0.2) is 11.4 Å². The van der Waals surface area contributed by atoms with Gasteiger partial charge in [0.05, 0.1) is 21.8 Å². The van der Waals surface area contributed by atoms with Crippen LogP contribution in [0, 0.1) is 0 Å². The van der Waals surface area contributed by atoms with Crippen LogP contribution in [0.5, 0.6) is 0 Å². The summed E-state index contributed by atoms with van der Waals surface area (Å²) < 4.78 is 38.5. The molecule has 0 unspecified atom stereocenters. The van der Waals surface area contributed by atoms with Crippen LogP contribution in [0.1, 0.15) is 16.7 Å². The minimum atomic E-state index is -4.59. The fourth-order valence-electron chi connectivity index (χ4n) is 1.81. The first-order valence-electron chi connectivity index (χ1n) is 6.87. The average Bonchev–Trinajstić information content (AvgIpc) is 2.55. The molecule has 2 aromatic carbocycles. The van der Waals surface area contributed by atoms with Gasteiger partial charge in [-0.25, -0.2) is 0 Å². The van der Waals surface area contributed by atoms with E-state index in [2.05, 4.69) is 10.2 Å². The van der Waals surface area contributed by atoms with Crippen molar-refractivity contribution < 1.29 is 13.2 Å². The van der Waals surface area contributed by atoms with Crippen molar-refractivity contribution in [3.05, 3.63) is 69.2 Å². The van der Waals surface area contributed by atoms with Crippen molar-refractivity contribution >= 4 is 46.3 Å². The molecular weight excluding hydrogens is 394 g/mol. The third-order valence-electron chi connectivity index (χ3n) is 3.00. The lowest BCUT2D eigenvalue weighted by Crippen LogP contribution is -2.08. The highest BCUT2D eigenvalue weighted by Gasteiger charge is 2.34. The van der Waals surface area contributed by atoms with Crippen LogP contribution < -0.4 is 5.73 Å². The molecule has 2 rings (SSSR count). The molecule has 0 saturated heterocycles. The minimum Gasteiger partial charge on any atom is -0.377 e. The number of halogens is 5. The molecule has 0 aromatic heterocycles. The van der Waals surface area contributed by atoms with Gasteiger partial charge in [-0.05, 0) is 17.7 Å². The van der Waals surface area contributed by atoms with Gasteiger partial charge in [-0.2, -0.15) is 18.3 Å². The SMILES string of the molecule is NC(=NN=Cc1c(Cl)ccc(C(F)(F)F)c1Cl)SCc1ccccc1. The minimum absolute atomic E-state index is 0.0347. The van der Waals surface area contributed by atoms with Crippen molar-refractivity contribution in [2.24, 2.45) is 15.9 Å². The Kier molecular flexibility index (Phi) is 6.75. The number of thioether (sulfide) groups is 1. The van der Waals surface area contributed by atoms with Crippen LogP contribution in [0.15, 0.2) is 52.7 Å². The number of benzene rings is 2. The van der Waals surface area contributed by atoms with Crippen LogP contribution >= 0.6 is 35.0 Å². The Morgan fingerprint density at radius 2 is 1.80 bits per heavy atom. The van der Waals surface area contributed by atoms with Gasteiger partial charge >= 0.3 is 6.18 Å². The number of nitrogens with two attached hydrogens (primary N) is 1. The first kappa shape index (κ1) is 19.6. The molecular formula is C16H12Cl2F3N3S. The molecule has 0 spiro atoms. The van der Waals surface area contributed by atoms with Crippen molar-refractivity contribution in [1.29, 1.82) is 0 Å². The molecule has 2 N–H and O–H groups in total. The summed E-state index contributed by atoms with van der Waals surface area (Å²) in [6, 6.07) is 11.5. The van der Waals surface area contributed by atoms with E-state index in [0.29, 0.717) is 5.75 Å². The third kappa shape index (κ3) is 5.66. The van der Waals surface area contributed by atoms with Gasteiger partial charge in [0.15, 0.2) is 5.17 Å². The van der Waals surface area contributed by atoms with Gasteiger partial charge in [-0.1, -0.05) is 65.3 Å². The van der Waals surface area contributed by atoms with Gasteiger partial charge in [0.1, 0.15) is 0 Å². The lowest BCUT2D eigenvalue weighted by atomic mass is 10.1. The standard InChI is InChI=1S/C16H12Cl2F3N3S/c17-13-7-6-12(16(19,20)21)14(18)11(13)8-23-24-15(22)25-9-10-4-2-1-3-5-10/h1-8H,9H2,(H2,22,24). The van der Waals surface area contributed by atoms with Gasteiger partial charge in [0.25, 0.3) is 0 Å². The molecule has 0 heterocycles. The van der Waals surface area contributed by atoms with Crippen molar-refractivity contribution in [3.63, 3.8) is 0 Å². The predicted molar refractivity (Wildman–Crippen MR) is 98.4 cm³/mol. The van der Waals surface area contributed by atoms with Crippen LogP contribution in [0.25, 0.3) is 0 Å². The lowest BCUT2D eigenvalue weighted by molar-refractivity contribution is -0.137. The molecule has 0 amide bonds. The van der Waals surface area contributed by atoms with Crippen molar-refractivity contribution in [1.82, 2.24) is 0 Å². The maximum atomic E-state index is 12.8. The summed E-state index contributed by atoms with van der Waals surface area (Å²) in [6.45, 7) is 0. The number of nitrogens with zero attached hydrogens (tertiary/aromatic N) is 2. The van der Waals surface area contributed by atoms with Crippen molar-refractivity contribution in [2.45, 2.75) is 11.9 Å². The predicted octanol–water partition coefficient (Wildman–Crippen LogP) is 5.59. The van der Waals surface area contributed by atoms with E-state index in [9.17, 15) is 13.2 Å². The molecule has 2 aromatic rings. The van der Waals surface area contributed by atoms with Crippen LogP contribution in [-0.2, 0) is 11.9 Å². The molecule has 25 heavy (non-hydrogen) atoms. The molecule has 0 saturated carbocycles. The van der Waals surface area contributed by atoms with E-state index in [4.69, 9.17) is 28.9 Å². The van der Waals surface area contributed by atoms with Gasteiger partial charge in [0.2, 0.25) is 0 Å². The maximum Gasteiger partial charge on any atom is 0.417 e. The zero-order valence-corrected chi connectivity index (χ0v) is 14.9. The largest absolute Gasteiger partial charge is 0.417 e. The van der Waals surface area contributed by atoms with E-state index < -0.39 is 16.8 Å². The monoisotopic (exact) mass is 405 g/mol. The second kappa shape index (κ2) is 8.60. The summed E-state index contributed by atoms with van der Waals surface area (Å²) in [5, 5.41) is 7.08. The van der Waals surface area contributed by atoms with E-state index in [1.54, 1.807) is 0 Å². The smallest absolute Gasteiger partial charge is 0.377 e. The topological polar surface area (TPSA) is 50.7 Å². The number of hydrogen-bond acceptors (Lipinski definition) is 3. The molecule has 9 heteroatoms. The lowest BCUT2D eigenvalue weighted by Gasteiger charge is -2.11. The van der Waals surface area contributed by atoms with Crippen molar-refractivity contribution in [2.75, 3.05) is 0 Å². The Morgan fingerprint density at radius 3 is 2.44 bits per heavy atom. The number of alkyl halides is 3. The Morgan fingerprint density at radius 1 is 1.12 bits per heavy atom. The van der Waals surface area contributed by atoms with E-state index in [0.717, 1.165) is 23.9 Å². The number of rotatable bonds is 4. The summed E-state index contributed by atoms with van der Waals surface area (Å²) in [4.78, 5) is 0. The van der Waals surface area contributed by atoms with Crippen molar-refractivity contribution in [3.8, 4) is 0 Å². The second-order valence-corrected chi connectivity index (χ2v) is 6.56. The molecule has 0 atom stereocenters. The van der Waals surface area contributed by atoms with Crippen LogP contribution in [0.4, 0.5) is 13.2 Å². The molecule has 132 valence electrons. The van der Waals surface area contributed by atoms with Crippen LogP contribution in [0.3, 0.4) is 0 Å².